The van der Waals surface area contributed by atoms with Crippen molar-refractivity contribution in [2.45, 2.75) is 0 Å². The number of methoxy groups -OCH3 is 1. The van der Waals surface area contributed by atoms with Crippen molar-refractivity contribution in [3.63, 3.8) is 0 Å². The molecule has 0 unspecified atom stereocenters. The third-order valence-corrected chi connectivity index (χ3v) is 2.02. The van der Waals surface area contributed by atoms with Gasteiger partial charge < -0.3 is 10.1 Å². The largest absolute Gasteiger partial charge is 0.497 e. The van der Waals surface area contributed by atoms with Crippen LogP contribution in [-0.2, 0) is 0 Å². The summed E-state index contributed by atoms with van der Waals surface area (Å²) in [5.41, 5.74) is 3.64. The second kappa shape index (κ2) is 5.98. The topological polar surface area (TPSA) is 45.7 Å². The van der Waals surface area contributed by atoms with E-state index >= 15 is 0 Å². The Morgan fingerprint density at radius 3 is 2.60 bits per heavy atom. The van der Waals surface area contributed by atoms with Crippen molar-refractivity contribution in [3.8, 4) is 5.75 Å². The maximum Gasteiger partial charge on any atom is 0.186 e. The summed E-state index contributed by atoms with van der Waals surface area (Å²) in [6, 6.07) is 7.56. The van der Waals surface area contributed by atoms with Gasteiger partial charge >= 0.3 is 0 Å². The van der Waals surface area contributed by atoms with E-state index in [1.807, 2.05) is 24.3 Å². The first kappa shape index (κ1) is 11.5. The Morgan fingerprint density at radius 1 is 1.40 bits per heavy atom. The number of thiocarbonyl (C=S) groups is 1. The summed E-state index contributed by atoms with van der Waals surface area (Å²) in [4.78, 5) is 0. The fourth-order valence-electron chi connectivity index (χ4n) is 0.911. The van der Waals surface area contributed by atoms with Crippen molar-refractivity contribution < 1.29 is 4.74 Å². The van der Waals surface area contributed by atoms with Crippen molar-refractivity contribution >= 4 is 23.5 Å². The van der Waals surface area contributed by atoms with E-state index in [1.165, 1.54) is 0 Å². The van der Waals surface area contributed by atoms with Crippen molar-refractivity contribution in [1.82, 2.24) is 10.7 Å². The smallest absolute Gasteiger partial charge is 0.186 e. The fraction of sp³-hybridized carbons (Fsp3) is 0.200. The lowest BCUT2D eigenvalue weighted by Crippen LogP contribution is -2.28. The monoisotopic (exact) mass is 223 g/mol. The minimum absolute atomic E-state index is 0.486. The second-order valence-corrected chi connectivity index (χ2v) is 3.13. The average molecular weight is 223 g/mol. The van der Waals surface area contributed by atoms with Gasteiger partial charge in [0.1, 0.15) is 5.75 Å². The number of hydrogen-bond donors (Lipinski definition) is 2. The number of nitrogens with one attached hydrogen (secondary N) is 2. The Morgan fingerprint density at radius 2 is 2.07 bits per heavy atom. The highest BCUT2D eigenvalue weighted by Crippen LogP contribution is 2.09. The van der Waals surface area contributed by atoms with Crippen LogP contribution in [0.2, 0.25) is 0 Å². The Hall–Kier alpha value is -1.62. The van der Waals surface area contributed by atoms with Crippen LogP contribution in [0.5, 0.6) is 5.75 Å². The van der Waals surface area contributed by atoms with Gasteiger partial charge in [-0.25, -0.2) is 0 Å². The lowest BCUT2D eigenvalue weighted by Gasteiger charge is -2.00. The van der Waals surface area contributed by atoms with Crippen LogP contribution in [0, 0.1) is 0 Å². The molecule has 2 N–H and O–H groups in total. The summed E-state index contributed by atoms with van der Waals surface area (Å²) in [6.45, 7) is 0. The molecule has 1 aromatic rings. The van der Waals surface area contributed by atoms with Crippen molar-refractivity contribution in [1.29, 1.82) is 0 Å². The Kier molecular flexibility index (Phi) is 4.56. The van der Waals surface area contributed by atoms with Gasteiger partial charge in [-0.1, -0.05) is 0 Å². The maximum absolute atomic E-state index is 5.04. The van der Waals surface area contributed by atoms with Gasteiger partial charge in [-0.15, -0.1) is 0 Å². The number of ether oxygens (including phenoxy) is 1. The minimum Gasteiger partial charge on any atom is -0.497 e. The van der Waals surface area contributed by atoms with Crippen LogP contribution in [0.1, 0.15) is 5.56 Å². The number of hydrogen-bond acceptors (Lipinski definition) is 3. The molecule has 0 amide bonds. The summed E-state index contributed by atoms with van der Waals surface area (Å²) in [5, 5.41) is 7.19. The number of rotatable bonds is 3. The van der Waals surface area contributed by atoms with Gasteiger partial charge in [0.2, 0.25) is 0 Å². The van der Waals surface area contributed by atoms with Crippen LogP contribution in [0.3, 0.4) is 0 Å². The zero-order valence-electron chi connectivity index (χ0n) is 8.65. The molecular formula is C10H13N3OS. The van der Waals surface area contributed by atoms with E-state index < -0.39 is 0 Å². The predicted molar refractivity (Wildman–Crippen MR) is 65.4 cm³/mol. The molecule has 0 aromatic heterocycles. The van der Waals surface area contributed by atoms with E-state index in [1.54, 1.807) is 20.4 Å². The first-order valence-corrected chi connectivity index (χ1v) is 4.82. The molecule has 0 aliphatic rings. The molecule has 1 rings (SSSR count). The Balaban J connectivity index is 2.53. The van der Waals surface area contributed by atoms with Gasteiger partial charge in [0, 0.05) is 7.05 Å². The summed E-state index contributed by atoms with van der Waals surface area (Å²) in [6.07, 6.45) is 1.68. The van der Waals surface area contributed by atoms with Crippen LogP contribution < -0.4 is 15.5 Å². The van der Waals surface area contributed by atoms with Crippen LogP contribution in [-0.4, -0.2) is 25.5 Å². The maximum atomic E-state index is 5.04. The first-order chi connectivity index (χ1) is 7.26. The van der Waals surface area contributed by atoms with Gasteiger partial charge in [-0.05, 0) is 42.0 Å². The Bertz CT molecular complexity index is 348. The van der Waals surface area contributed by atoms with E-state index in [2.05, 4.69) is 15.8 Å². The summed E-state index contributed by atoms with van der Waals surface area (Å²) < 4.78 is 5.04. The lowest BCUT2D eigenvalue weighted by molar-refractivity contribution is 0.415. The number of hydrazone groups is 1. The molecule has 0 radical (unpaired) electrons. The summed E-state index contributed by atoms with van der Waals surface area (Å²) in [7, 11) is 3.37. The third kappa shape index (κ3) is 3.95. The first-order valence-electron chi connectivity index (χ1n) is 4.41. The lowest BCUT2D eigenvalue weighted by atomic mass is 10.2. The molecule has 0 saturated carbocycles. The summed E-state index contributed by atoms with van der Waals surface area (Å²) in [5.74, 6) is 0.825. The standard InChI is InChI=1S/C10H13N3OS/c1-11-10(15)13-12-7-8-3-5-9(14-2)6-4-8/h3-7H,1-2H3,(H2,11,13,15)/b12-7-. The molecule has 0 fully saturated rings. The van der Waals surface area contributed by atoms with E-state index in [4.69, 9.17) is 17.0 Å². The average Bonchev–Trinajstić information content (AvgIpc) is 2.29. The normalized spacial score (nSPS) is 10.0. The number of benzene rings is 1. The van der Waals surface area contributed by atoms with Crippen LogP contribution in [0.4, 0.5) is 0 Å². The van der Waals surface area contributed by atoms with E-state index in [9.17, 15) is 0 Å². The van der Waals surface area contributed by atoms with Gasteiger partial charge in [0.05, 0.1) is 13.3 Å². The van der Waals surface area contributed by atoms with Crippen molar-refractivity contribution in [2.75, 3.05) is 14.2 Å². The molecule has 1 aromatic carbocycles. The third-order valence-electron chi connectivity index (χ3n) is 1.72. The molecule has 0 bridgehead atoms. The Labute approximate surface area is 94.3 Å². The molecule has 4 nitrogen and oxygen atoms in total. The molecule has 0 spiro atoms. The molecule has 0 heterocycles. The molecule has 80 valence electrons. The molecule has 0 atom stereocenters. The second-order valence-electron chi connectivity index (χ2n) is 2.72. The van der Waals surface area contributed by atoms with Crippen LogP contribution in [0.15, 0.2) is 29.4 Å². The SMILES string of the molecule is CNC(=S)N/N=C\c1ccc(OC)cc1. The van der Waals surface area contributed by atoms with Crippen molar-refractivity contribution in [2.24, 2.45) is 5.10 Å². The van der Waals surface area contributed by atoms with E-state index in [0.29, 0.717) is 5.11 Å². The van der Waals surface area contributed by atoms with Crippen LogP contribution >= 0.6 is 12.2 Å². The molecule has 5 heteroatoms. The fourth-order valence-corrected chi connectivity index (χ4v) is 0.964. The highest BCUT2D eigenvalue weighted by molar-refractivity contribution is 7.80. The quantitative estimate of drug-likeness (QED) is 0.458. The predicted octanol–water partition coefficient (Wildman–Crippen LogP) is 1.12. The van der Waals surface area contributed by atoms with Crippen LogP contribution in [0.25, 0.3) is 0 Å². The van der Waals surface area contributed by atoms with Gasteiger partial charge in [-0.2, -0.15) is 5.10 Å². The van der Waals surface area contributed by atoms with Crippen molar-refractivity contribution in [3.05, 3.63) is 29.8 Å². The van der Waals surface area contributed by atoms with E-state index in [-0.39, 0.29) is 0 Å². The van der Waals surface area contributed by atoms with Gasteiger partial charge in [0.15, 0.2) is 5.11 Å². The molecular weight excluding hydrogens is 210 g/mol. The molecule has 0 aliphatic carbocycles. The van der Waals surface area contributed by atoms with Gasteiger partial charge in [-0.3, -0.25) is 5.43 Å². The molecule has 0 aliphatic heterocycles. The zero-order valence-corrected chi connectivity index (χ0v) is 9.47. The highest BCUT2D eigenvalue weighted by atomic mass is 32.1. The summed E-state index contributed by atoms with van der Waals surface area (Å²) >= 11 is 4.85. The molecule has 15 heavy (non-hydrogen) atoms. The highest BCUT2D eigenvalue weighted by Gasteiger charge is 1.90. The molecule has 0 saturated heterocycles. The van der Waals surface area contributed by atoms with E-state index in [0.717, 1.165) is 11.3 Å². The van der Waals surface area contributed by atoms with Gasteiger partial charge in [0.25, 0.3) is 0 Å². The number of nitrogens with zero attached hydrogens (tertiary/aromatic N) is 1. The zero-order chi connectivity index (χ0) is 11.1. The minimum atomic E-state index is 0.486.